The van der Waals surface area contributed by atoms with E-state index in [0.717, 1.165) is 11.6 Å². The van der Waals surface area contributed by atoms with Crippen molar-refractivity contribution in [3.05, 3.63) is 52.2 Å². The van der Waals surface area contributed by atoms with Gasteiger partial charge in [-0.25, -0.2) is 13.4 Å². The highest BCUT2D eigenvalue weighted by Gasteiger charge is 2.20. The third kappa shape index (κ3) is 3.26. The first-order chi connectivity index (χ1) is 9.79. The molecule has 0 aliphatic carbocycles. The van der Waals surface area contributed by atoms with E-state index in [4.69, 9.17) is 5.73 Å². The summed E-state index contributed by atoms with van der Waals surface area (Å²) in [4.78, 5) is 13.7. The predicted octanol–water partition coefficient (Wildman–Crippen LogP) is 1.68. The molecule has 0 saturated carbocycles. The second-order valence-corrected chi connectivity index (χ2v) is 5.98. The van der Waals surface area contributed by atoms with Crippen LogP contribution in [-0.2, 0) is 10.0 Å². The fourth-order valence-corrected chi connectivity index (χ4v) is 2.66. The van der Waals surface area contributed by atoms with Crippen LogP contribution in [0.4, 0.5) is 17.2 Å². The lowest BCUT2D eigenvalue weighted by molar-refractivity contribution is -0.384. The van der Waals surface area contributed by atoms with E-state index in [1.54, 1.807) is 19.1 Å². The van der Waals surface area contributed by atoms with Crippen LogP contribution in [0.1, 0.15) is 5.56 Å². The highest BCUT2D eigenvalue weighted by molar-refractivity contribution is 7.92. The number of benzene rings is 1. The smallest absolute Gasteiger partial charge is 0.293 e. The van der Waals surface area contributed by atoms with Gasteiger partial charge in [0, 0.05) is 12.3 Å². The molecular weight excluding hydrogens is 296 g/mol. The van der Waals surface area contributed by atoms with Crippen molar-refractivity contribution >= 4 is 27.2 Å². The number of hydrogen-bond acceptors (Lipinski definition) is 6. The highest BCUT2D eigenvalue weighted by atomic mass is 32.2. The van der Waals surface area contributed by atoms with Gasteiger partial charge in [0.05, 0.1) is 9.82 Å². The second-order valence-electron chi connectivity index (χ2n) is 4.30. The molecule has 0 atom stereocenters. The largest absolute Gasteiger partial charge is 0.393 e. The van der Waals surface area contributed by atoms with E-state index in [9.17, 15) is 18.5 Å². The van der Waals surface area contributed by atoms with Crippen LogP contribution in [0.15, 0.2) is 41.4 Å². The van der Waals surface area contributed by atoms with E-state index in [1.165, 1.54) is 18.3 Å². The van der Waals surface area contributed by atoms with Crippen LogP contribution in [0.2, 0.25) is 0 Å². The Morgan fingerprint density at radius 3 is 2.62 bits per heavy atom. The van der Waals surface area contributed by atoms with Gasteiger partial charge < -0.3 is 5.73 Å². The Labute approximate surface area is 120 Å². The molecule has 2 rings (SSSR count). The zero-order valence-electron chi connectivity index (χ0n) is 11.0. The quantitative estimate of drug-likeness (QED) is 0.502. The Kier molecular flexibility index (Phi) is 3.76. The van der Waals surface area contributed by atoms with E-state index < -0.39 is 20.6 Å². The third-order valence-electron chi connectivity index (χ3n) is 2.66. The predicted molar refractivity (Wildman–Crippen MR) is 77.3 cm³/mol. The summed E-state index contributed by atoms with van der Waals surface area (Å²) < 4.78 is 26.6. The Bertz CT molecular complexity index is 805. The van der Waals surface area contributed by atoms with Crippen LogP contribution in [0.25, 0.3) is 0 Å². The number of nitro groups is 1. The molecule has 0 fully saturated rings. The SMILES string of the molecule is Cc1ccnc(NS(=O)(=O)c2ccc(N)c([N+](=O)[O-])c2)c1. The van der Waals surface area contributed by atoms with Crippen molar-refractivity contribution in [3.63, 3.8) is 0 Å². The summed E-state index contributed by atoms with van der Waals surface area (Å²) in [6.45, 7) is 1.79. The monoisotopic (exact) mass is 308 g/mol. The summed E-state index contributed by atoms with van der Waals surface area (Å²) in [6, 6.07) is 6.54. The molecule has 1 aromatic carbocycles. The molecule has 3 N–H and O–H groups in total. The molecule has 21 heavy (non-hydrogen) atoms. The second kappa shape index (κ2) is 5.37. The topological polar surface area (TPSA) is 128 Å². The highest BCUT2D eigenvalue weighted by Crippen LogP contribution is 2.25. The maximum Gasteiger partial charge on any atom is 0.293 e. The van der Waals surface area contributed by atoms with Crippen molar-refractivity contribution in [2.45, 2.75) is 11.8 Å². The van der Waals surface area contributed by atoms with Gasteiger partial charge in [-0.3, -0.25) is 14.8 Å². The van der Waals surface area contributed by atoms with Crippen LogP contribution in [0.3, 0.4) is 0 Å². The molecule has 110 valence electrons. The number of sulfonamides is 1. The van der Waals surface area contributed by atoms with Gasteiger partial charge in [-0.1, -0.05) is 0 Å². The van der Waals surface area contributed by atoms with Crippen LogP contribution in [0, 0.1) is 17.0 Å². The average molecular weight is 308 g/mol. The molecule has 0 amide bonds. The number of rotatable bonds is 4. The van der Waals surface area contributed by atoms with Gasteiger partial charge in [0.1, 0.15) is 11.5 Å². The number of hydrogen-bond donors (Lipinski definition) is 2. The fraction of sp³-hybridized carbons (Fsp3) is 0.0833. The normalized spacial score (nSPS) is 11.1. The zero-order valence-corrected chi connectivity index (χ0v) is 11.8. The Morgan fingerprint density at radius 1 is 1.29 bits per heavy atom. The molecule has 1 heterocycles. The van der Waals surface area contributed by atoms with Crippen molar-refractivity contribution in [2.24, 2.45) is 0 Å². The van der Waals surface area contributed by atoms with Gasteiger partial charge in [-0.15, -0.1) is 0 Å². The van der Waals surface area contributed by atoms with Crippen LogP contribution in [0.5, 0.6) is 0 Å². The van der Waals surface area contributed by atoms with Gasteiger partial charge in [0.2, 0.25) is 0 Å². The van der Waals surface area contributed by atoms with Gasteiger partial charge in [-0.2, -0.15) is 0 Å². The first kappa shape index (κ1) is 14.7. The minimum Gasteiger partial charge on any atom is -0.393 e. The number of anilines is 2. The van der Waals surface area contributed by atoms with Crippen molar-refractivity contribution in [1.82, 2.24) is 4.98 Å². The van der Waals surface area contributed by atoms with Gasteiger partial charge in [0.25, 0.3) is 15.7 Å². The van der Waals surface area contributed by atoms with E-state index >= 15 is 0 Å². The first-order valence-electron chi connectivity index (χ1n) is 5.79. The number of nitrogens with zero attached hydrogens (tertiary/aromatic N) is 2. The lowest BCUT2D eigenvalue weighted by atomic mass is 10.3. The number of pyridine rings is 1. The molecular formula is C12H12N4O4S. The summed E-state index contributed by atoms with van der Waals surface area (Å²) in [6.07, 6.45) is 1.46. The summed E-state index contributed by atoms with van der Waals surface area (Å²) in [5.41, 5.74) is 5.69. The average Bonchev–Trinajstić information content (AvgIpc) is 2.38. The number of nitrogens with two attached hydrogens (primary N) is 1. The van der Waals surface area contributed by atoms with Gasteiger partial charge in [-0.05, 0) is 36.8 Å². The van der Waals surface area contributed by atoms with E-state index in [-0.39, 0.29) is 16.4 Å². The minimum atomic E-state index is -3.98. The molecule has 0 spiro atoms. The summed E-state index contributed by atoms with van der Waals surface area (Å²) in [5.74, 6) is 0.134. The summed E-state index contributed by atoms with van der Waals surface area (Å²) >= 11 is 0. The molecule has 0 aliphatic rings. The fourth-order valence-electron chi connectivity index (χ4n) is 1.64. The van der Waals surface area contributed by atoms with Gasteiger partial charge >= 0.3 is 0 Å². The van der Waals surface area contributed by atoms with E-state index in [0.29, 0.717) is 0 Å². The van der Waals surface area contributed by atoms with Crippen LogP contribution < -0.4 is 10.5 Å². The molecule has 0 unspecified atom stereocenters. The maximum atomic E-state index is 12.2. The van der Waals surface area contributed by atoms with Crippen molar-refractivity contribution < 1.29 is 13.3 Å². The van der Waals surface area contributed by atoms with Crippen molar-refractivity contribution in [2.75, 3.05) is 10.5 Å². The molecule has 2 aromatic rings. The Balaban J connectivity index is 2.40. The third-order valence-corrected chi connectivity index (χ3v) is 4.02. The first-order valence-corrected chi connectivity index (χ1v) is 7.27. The molecule has 1 aromatic heterocycles. The lowest BCUT2D eigenvalue weighted by Gasteiger charge is -2.08. The maximum absolute atomic E-state index is 12.2. The van der Waals surface area contributed by atoms with Gasteiger partial charge in [0.15, 0.2) is 0 Å². The molecule has 9 heteroatoms. The molecule has 0 radical (unpaired) electrons. The van der Waals surface area contributed by atoms with Crippen molar-refractivity contribution in [3.8, 4) is 0 Å². The Morgan fingerprint density at radius 2 is 2.00 bits per heavy atom. The van der Waals surface area contributed by atoms with E-state index in [2.05, 4.69) is 9.71 Å². The number of nitrogens with one attached hydrogen (secondary N) is 1. The molecule has 0 aliphatic heterocycles. The van der Waals surface area contributed by atoms with E-state index in [1.807, 2.05) is 0 Å². The number of nitrogen functional groups attached to an aromatic ring is 1. The molecule has 0 saturated heterocycles. The standard InChI is InChI=1S/C12H12N4O4S/c1-8-4-5-14-12(6-8)15-21(19,20)9-2-3-10(13)11(7-9)16(17)18/h2-7H,13H2,1H3,(H,14,15). The zero-order chi connectivity index (χ0) is 15.6. The summed E-state index contributed by atoms with van der Waals surface area (Å²) in [5, 5.41) is 10.8. The molecule has 8 nitrogen and oxygen atoms in total. The van der Waals surface area contributed by atoms with Crippen LogP contribution >= 0.6 is 0 Å². The lowest BCUT2D eigenvalue weighted by Crippen LogP contribution is -2.14. The summed E-state index contributed by atoms with van der Waals surface area (Å²) in [7, 11) is -3.98. The number of aryl methyl sites for hydroxylation is 1. The van der Waals surface area contributed by atoms with Crippen LogP contribution in [-0.4, -0.2) is 18.3 Å². The minimum absolute atomic E-state index is 0.104. The Hall–Kier alpha value is -2.68. The number of aromatic nitrogens is 1. The van der Waals surface area contributed by atoms with Crippen molar-refractivity contribution in [1.29, 1.82) is 0 Å². The number of nitro benzene ring substituents is 1. The molecule has 0 bridgehead atoms.